The van der Waals surface area contributed by atoms with Gasteiger partial charge < -0.3 is 14.4 Å². The number of piperazine rings is 1. The van der Waals surface area contributed by atoms with E-state index in [4.69, 9.17) is 9.47 Å². The molecule has 4 rings (SSSR count). The van der Waals surface area contributed by atoms with Gasteiger partial charge in [0.1, 0.15) is 0 Å². The molecule has 9 heteroatoms. The Morgan fingerprint density at radius 1 is 1.03 bits per heavy atom. The zero-order valence-corrected chi connectivity index (χ0v) is 16.9. The average molecular weight is 471 g/mol. The molecular weight excluding hydrogens is 453 g/mol. The van der Waals surface area contributed by atoms with Crippen molar-refractivity contribution in [1.82, 2.24) is 9.80 Å². The van der Waals surface area contributed by atoms with Crippen LogP contribution in [0.3, 0.4) is 0 Å². The Morgan fingerprint density at radius 3 is 2.41 bits per heavy atom. The number of benzene rings is 2. The lowest BCUT2D eigenvalue weighted by Crippen LogP contribution is -2.48. The summed E-state index contributed by atoms with van der Waals surface area (Å²) < 4.78 is 50.4. The number of carbonyl (C=O) groups is 1. The Bertz CT molecular complexity index is 928. The first-order valence-electron chi connectivity index (χ1n) is 9.08. The first-order valence-corrected chi connectivity index (χ1v) is 9.87. The third-order valence-electron chi connectivity index (χ3n) is 5.03. The quantitative estimate of drug-likeness (QED) is 0.675. The van der Waals surface area contributed by atoms with Crippen LogP contribution in [-0.4, -0.2) is 48.7 Å². The van der Waals surface area contributed by atoms with Crippen LogP contribution in [0.5, 0.6) is 11.5 Å². The maximum absolute atomic E-state index is 12.9. The normalized spacial score (nSPS) is 16.9. The largest absolute Gasteiger partial charge is 0.454 e. The summed E-state index contributed by atoms with van der Waals surface area (Å²) in [5.41, 5.74) is 0.299. The van der Waals surface area contributed by atoms with Gasteiger partial charge in [0, 0.05) is 42.8 Å². The monoisotopic (exact) mass is 470 g/mol. The number of nitrogens with zero attached hydrogens (tertiary/aromatic N) is 2. The van der Waals surface area contributed by atoms with E-state index in [2.05, 4.69) is 20.8 Å². The standard InChI is InChI=1S/C20H18BrF3N2O3/c21-16-10-18-17(28-12-29-18)9-14(16)11-25-4-6-26(7-5-25)19(27)13-2-1-3-15(8-13)20(22,23)24/h1-3,8-10H,4-7,11-12H2. The Kier molecular flexibility index (Phi) is 5.44. The lowest BCUT2D eigenvalue weighted by molar-refractivity contribution is -0.137. The lowest BCUT2D eigenvalue weighted by atomic mass is 10.1. The minimum atomic E-state index is -4.47. The van der Waals surface area contributed by atoms with E-state index >= 15 is 0 Å². The van der Waals surface area contributed by atoms with Gasteiger partial charge in [0.2, 0.25) is 6.79 Å². The summed E-state index contributed by atoms with van der Waals surface area (Å²) in [6, 6.07) is 8.39. The first-order chi connectivity index (χ1) is 13.8. The molecule has 1 fully saturated rings. The number of hydrogen-bond donors (Lipinski definition) is 0. The summed E-state index contributed by atoms with van der Waals surface area (Å²) in [6.45, 7) is 3.05. The molecule has 1 saturated heterocycles. The second kappa shape index (κ2) is 7.87. The highest BCUT2D eigenvalue weighted by Gasteiger charge is 2.31. The highest BCUT2D eigenvalue weighted by molar-refractivity contribution is 9.10. The molecule has 0 aliphatic carbocycles. The van der Waals surface area contributed by atoms with E-state index in [1.54, 1.807) is 4.90 Å². The third kappa shape index (κ3) is 4.35. The van der Waals surface area contributed by atoms with E-state index in [1.807, 2.05) is 12.1 Å². The lowest BCUT2D eigenvalue weighted by Gasteiger charge is -2.35. The van der Waals surface area contributed by atoms with Crippen LogP contribution in [0.15, 0.2) is 40.9 Å². The van der Waals surface area contributed by atoms with Gasteiger partial charge in [0.15, 0.2) is 11.5 Å². The van der Waals surface area contributed by atoms with Gasteiger partial charge >= 0.3 is 6.18 Å². The number of hydrogen-bond acceptors (Lipinski definition) is 4. The van der Waals surface area contributed by atoms with Crippen LogP contribution in [0.2, 0.25) is 0 Å². The van der Waals surface area contributed by atoms with E-state index in [9.17, 15) is 18.0 Å². The molecule has 29 heavy (non-hydrogen) atoms. The number of amides is 1. The zero-order chi connectivity index (χ0) is 20.6. The molecule has 0 saturated carbocycles. The molecule has 2 aliphatic rings. The number of ether oxygens (including phenoxy) is 2. The molecule has 0 spiro atoms. The fourth-order valence-electron chi connectivity index (χ4n) is 3.44. The summed E-state index contributed by atoms with van der Waals surface area (Å²) in [7, 11) is 0. The number of alkyl halides is 3. The molecular formula is C20H18BrF3N2O3. The SMILES string of the molecule is O=C(c1cccc(C(F)(F)F)c1)N1CCN(Cc2cc3c(cc2Br)OCO3)CC1. The minimum absolute atomic E-state index is 0.0618. The minimum Gasteiger partial charge on any atom is -0.454 e. The number of fused-ring (bicyclic) bond motifs is 1. The summed E-state index contributed by atoms with van der Waals surface area (Å²) in [5, 5.41) is 0. The smallest absolute Gasteiger partial charge is 0.416 e. The molecule has 0 atom stereocenters. The van der Waals surface area contributed by atoms with Crippen LogP contribution in [0.1, 0.15) is 21.5 Å². The van der Waals surface area contributed by atoms with E-state index in [0.717, 1.165) is 22.2 Å². The van der Waals surface area contributed by atoms with Gasteiger partial charge in [0.25, 0.3) is 5.91 Å². The van der Waals surface area contributed by atoms with Crippen LogP contribution >= 0.6 is 15.9 Å². The zero-order valence-electron chi connectivity index (χ0n) is 15.3. The van der Waals surface area contributed by atoms with Crippen molar-refractivity contribution in [3.8, 4) is 11.5 Å². The van der Waals surface area contributed by atoms with Gasteiger partial charge in [-0.2, -0.15) is 13.2 Å². The predicted molar refractivity (Wildman–Crippen MR) is 103 cm³/mol. The van der Waals surface area contributed by atoms with E-state index in [0.29, 0.717) is 44.2 Å². The molecule has 2 heterocycles. The van der Waals surface area contributed by atoms with Crippen molar-refractivity contribution in [1.29, 1.82) is 0 Å². The van der Waals surface area contributed by atoms with Crippen molar-refractivity contribution < 1.29 is 27.4 Å². The fraction of sp³-hybridized carbons (Fsp3) is 0.350. The van der Waals surface area contributed by atoms with Gasteiger partial charge in [-0.05, 0) is 35.9 Å². The Morgan fingerprint density at radius 2 is 1.72 bits per heavy atom. The number of carbonyl (C=O) groups excluding carboxylic acids is 1. The van der Waals surface area contributed by atoms with Crippen LogP contribution in [0.4, 0.5) is 13.2 Å². The van der Waals surface area contributed by atoms with E-state index in [-0.39, 0.29) is 18.3 Å². The molecule has 0 bridgehead atoms. The van der Waals surface area contributed by atoms with Crippen molar-refractivity contribution in [2.45, 2.75) is 12.7 Å². The van der Waals surface area contributed by atoms with Crippen LogP contribution in [0.25, 0.3) is 0 Å². The van der Waals surface area contributed by atoms with E-state index < -0.39 is 11.7 Å². The van der Waals surface area contributed by atoms with Crippen LogP contribution < -0.4 is 9.47 Å². The molecule has 0 unspecified atom stereocenters. The summed E-state index contributed by atoms with van der Waals surface area (Å²) in [4.78, 5) is 16.4. The van der Waals surface area contributed by atoms with Crippen LogP contribution in [-0.2, 0) is 12.7 Å². The second-order valence-corrected chi connectivity index (χ2v) is 7.80. The highest BCUT2D eigenvalue weighted by atomic mass is 79.9. The molecule has 5 nitrogen and oxygen atoms in total. The topological polar surface area (TPSA) is 42.0 Å². The van der Waals surface area contributed by atoms with Gasteiger partial charge in [-0.25, -0.2) is 0 Å². The van der Waals surface area contributed by atoms with Crippen molar-refractivity contribution in [3.63, 3.8) is 0 Å². The van der Waals surface area contributed by atoms with Crippen molar-refractivity contribution >= 4 is 21.8 Å². The Balaban J connectivity index is 1.38. The molecule has 0 radical (unpaired) electrons. The Hall–Kier alpha value is -2.26. The molecule has 1 amide bonds. The Labute approximate surface area is 174 Å². The highest BCUT2D eigenvalue weighted by Crippen LogP contribution is 2.37. The number of rotatable bonds is 3. The number of halogens is 4. The molecule has 2 aromatic carbocycles. The molecule has 2 aromatic rings. The summed E-state index contributed by atoms with van der Waals surface area (Å²) in [5.74, 6) is 1.04. The van der Waals surface area contributed by atoms with Gasteiger partial charge in [-0.3, -0.25) is 9.69 Å². The fourth-order valence-corrected chi connectivity index (χ4v) is 3.89. The van der Waals surface area contributed by atoms with E-state index in [1.165, 1.54) is 12.1 Å². The molecule has 154 valence electrons. The van der Waals surface area contributed by atoms with Gasteiger partial charge in [-0.15, -0.1) is 0 Å². The maximum Gasteiger partial charge on any atom is 0.416 e. The maximum atomic E-state index is 12.9. The van der Waals surface area contributed by atoms with Crippen molar-refractivity contribution in [3.05, 3.63) is 57.6 Å². The van der Waals surface area contributed by atoms with Crippen molar-refractivity contribution in [2.75, 3.05) is 33.0 Å². The predicted octanol–water partition coefficient (Wildman–Crippen LogP) is 4.15. The van der Waals surface area contributed by atoms with Gasteiger partial charge in [-0.1, -0.05) is 22.0 Å². The second-order valence-electron chi connectivity index (χ2n) is 6.94. The molecule has 0 N–H and O–H groups in total. The van der Waals surface area contributed by atoms with Crippen LogP contribution in [0, 0.1) is 0 Å². The summed E-state index contributed by atoms with van der Waals surface area (Å²) in [6.07, 6.45) is -4.47. The molecule has 0 aromatic heterocycles. The average Bonchev–Trinajstić information content (AvgIpc) is 3.15. The summed E-state index contributed by atoms with van der Waals surface area (Å²) >= 11 is 3.55. The third-order valence-corrected chi connectivity index (χ3v) is 5.77. The van der Waals surface area contributed by atoms with Crippen molar-refractivity contribution in [2.24, 2.45) is 0 Å². The molecule has 2 aliphatic heterocycles. The van der Waals surface area contributed by atoms with Gasteiger partial charge in [0.05, 0.1) is 5.56 Å². The first kappa shape index (κ1) is 20.0.